The van der Waals surface area contributed by atoms with E-state index in [2.05, 4.69) is 5.32 Å². The molecule has 0 spiro atoms. The van der Waals surface area contributed by atoms with E-state index in [0.717, 1.165) is 12.1 Å². The predicted molar refractivity (Wildman–Crippen MR) is 58.1 cm³/mol. The first-order valence-corrected chi connectivity index (χ1v) is 5.07. The molecule has 0 aromatic heterocycles. The molecule has 1 fully saturated rings. The minimum Gasteiger partial charge on any atom is -0.364 e. The van der Waals surface area contributed by atoms with E-state index in [1.165, 1.54) is 4.90 Å². The van der Waals surface area contributed by atoms with Crippen LogP contribution < -0.4 is 10.2 Å². The van der Waals surface area contributed by atoms with Gasteiger partial charge in [0.1, 0.15) is 5.69 Å². The Morgan fingerprint density at radius 3 is 2.29 bits per heavy atom. The molecule has 0 atom stereocenters. The predicted octanol–water partition coefficient (Wildman–Crippen LogP) is 1.28. The minimum atomic E-state index is -0.911. The third kappa shape index (κ3) is 2.05. The lowest BCUT2D eigenvalue weighted by molar-refractivity contribution is -0.385. The molecule has 1 N–H and O–H groups in total. The van der Waals surface area contributed by atoms with Crippen LogP contribution in [0.4, 0.5) is 20.2 Å². The van der Waals surface area contributed by atoms with E-state index in [9.17, 15) is 18.9 Å². The molecule has 0 unspecified atom stereocenters. The molecule has 0 aliphatic carbocycles. The minimum absolute atomic E-state index is 0.0143. The number of nitrogens with one attached hydrogen (secondary N) is 1. The fourth-order valence-electron chi connectivity index (χ4n) is 1.72. The number of non-ortho nitro benzene ring substituents is 1. The Morgan fingerprint density at radius 2 is 1.94 bits per heavy atom. The Balaban J connectivity index is 2.37. The Bertz CT molecular complexity index is 440. The number of anilines is 1. The molecule has 1 heterocycles. The van der Waals surface area contributed by atoms with E-state index < -0.39 is 22.2 Å². The molecule has 1 aromatic rings. The zero-order valence-electron chi connectivity index (χ0n) is 9.11. The van der Waals surface area contributed by atoms with E-state index in [1.807, 2.05) is 0 Å². The van der Waals surface area contributed by atoms with Crippen molar-refractivity contribution in [3.8, 4) is 0 Å². The normalized spacial score (nSPS) is 15.5. The summed E-state index contributed by atoms with van der Waals surface area (Å²) in [5.41, 5.74) is -0.800. The molecule has 0 radical (unpaired) electrons. The molecule has 1 aliphatic heterocycles. The molecule has 2 rings (SSSR count). The highest BCUT2D eigenvalue weighted by Crippen LogP contribution is 2.29. The van der Waals surface area contributed by atoms with Crippen molar-refractivity contribution < 1.29 is 13.7 Å². The molecule has 0 amide bonds. The second-order valence-electron chi connectivity index (χ2n) is 3.94. The average molecular weight is 243 g/mol. The lowest BCUT2D eigenvalue weighted by Gasteiger charge is -2.37. The molecule has 1 aliphatic rings. The van der Waals surface area contributed by atoms with Crippen LogP contribution in [0.3, 0.4) is 0 Å². The number of rotatable bonds is 3. The maximum Gasteiger partial charge on any atom is 0.275 e. The standard InChI is InChI=1S/C10H11F2N3O2/c1-14(7-4-13-5-7)10-8(11)2-6(15(16)17)3-9(10)12/h2-3,7,13H,4-5H2,1H3. The van der Waals surface area contributed by atoms with Crippen molar-refractivity contribution in [3.63, 3.8) is 0 Å². The fourth-order valence-corrected chi connectivity index (χ4v) is 1.72. The van der Waals surface area contributed by atoms with Gasteiger partial charge in [-0.3, -0.25) is 10.1 Å². The fraction of sp³-hybridized carbons (Fsp3) is 0.400. The highest BCUT2D eigenvalue weighted by molar-refractivity contribution is 5.54. The topological polar surface area (TPSA) is 58.4 Å². The number of halogens is 2. The van der Waals surface area contributed by atoms with Gasteiger partial charge in [-0.05, 0) is 0 Å². The molecule has 92 valence electrons. The quantitative estimate of drug-likeness (QED) is 0.641. The van der Waals surface area contributed by atoms with Gasteiger partial charge >= 0.3 is 0 Å². The summed E-state index contributed by atoms with van der Waals surface area (Å²) in [5.74, 6) is -1.82. The van der Waals surface area contributed by atoms with Crippen LogP contribution in [-0.4, -0.2) is 31.1 Å². The van der Waals surface area contributed by atoms with Crippen LogP contribution in [0.1, 0.15) is 0 Å². The summed E-state index contributed by atoms with van der Waals surface area (Å²) in [7, 11) is 1.57. The zero-order valence-corrected chi connectivity index (χ0v) is 9.11. The van der Waals surface area contributed by atoms with Crippen molar-refractivity contribution >= 4 is 11.4 Å². The van der Waals surface area contributed by atoms with Gasteiger partial charge in [0.05, 0.1) is 23.1 Å². The highest BCUT2D eigenvalue weighted by Gasteiger charge is 2.27. The van der Waals surface area contributed by atoms with Crippen LogP contribution in [0.5, 0.6) is 0 Å². The Hall–Kier alpha value is -1.76. The molecule has 7 heteroatoms. The molecule has 17 heavy (non-hydrogen) atoms. The van der Waals surface area contributed by atoms with Gasteiger partial charge in [0.2, 0.25) is 0 Å². The first kappa shape index (κ1) is 11.7. The third-order valence-electron chi connectivity index (χ3n) is 2.87. The maximum absolute atomic E-state index is 13.6. The number of nitro benzene ring substituents is 1. The molecule has 5 nitrogen and oxygen atoms in total. The second kappa shape index (κ2) is 4.25. The van der Waals surface area contributed by atoms with Crippen LogP contribution in [0.15, 0.2) is 12.1 Å². The van der Waals surface area contributed by atoms with Gasteiger partial charge in [0, 0.05) is 20.1 Å². The first-order chi connectivity index (χ1) is 8.00. The number of hydrogen-bond acceptors (Lipinski definition) is 4. The van der Waals surface area contributed by atoms with Gasteiger partial charge in [-0.1, -0.05) is 0 Å². The van der Waals surface area contributed by atoms with Crippen LogP contribution >= 0.6 is 0 Å². The SMILES string of the molecule is CN(c1c(F)cc([N+](=O)[O-])cc1F)C1CNC1. The van der Waals surface area contributed by atoms with Crippen molar-refractivity contribution in [3.05, 3.63) is 33.9 Å². The number of nitro groups is 1. The smallest absolute Gasteiger partial charge is 0.275 e. The van der Waals surface area contributed by atoms with Gasteiger partial charge in [-0.15, -0.1) is 0 Å². The Labute approximate surface area is 96.2 Å². The van der Waals surface area contributed by atoms with Gasteiger partial charge in [-0.2, -0.15) is 0 Å². The van der Waals surface area contributed by atoms with E-state index in [0.29, 0.717) is 13.1 Å². The average Bonchev–Trinajstić information content (AvgIpc) is 2.13. The molecule has 1 saturated heterocycles. The summed E-state index contributed by atoms with van der Waals surface area (Å²) in [4.78, 5) is 11.1. The summed E-state index contributed by atoms with van der Waals surface area (Å²) in [6.45, 7) is 1.29. The molecule has 0 saturated carbocycles. The van der Waals surface area contributed by atoms with E-state index in [4.69, 9.17) is 0 Å². The lowest BCUT2D eigenvalue weighted by Crippen LogP contribution is -2.56. The van der Waals surface area contributed by atoms with E-state index in [1.54, 1.807) is 7.05 Å². The van der Waals surface area contributed by atoms with Crippen molar-refractivity contribution in [2.24, 2.45) is 0 Å². The summed E-state index contributed by atoms with van der Waals surface area (Å²) >= 11 is 0. The number of nitrogens with zero attached hydrogens (tertiary/aromatic N) is 2. The van der Waals surface area contributed by atoms with Gasteiger partial charge < -0.3 is 10.2 Å². The van der Waals surface area contributed by atoms with Crippen molar-refractivity contribution in [1.29, 1.82) is 0 Å². The van der Waals surface area contributed by atoms with Gasteiger partial charge in [0.15, 0.2) is 11.6 Å². The largest absolute Gasteiger partial charge is 0.364 e. The lowest BCUT2D eigenvalue weighted by atomic mass is 10.1. The second-order valence-corrected chi connectivity index (χ2v) is 3.94. The first-order valence-electron chi connectivity index (χ1n) is 5.07. The summed E-state index contributed by atoms with van der Waals surface area (Å²) in [6, 6.07) is 1.49. The van der Waals surface area contributed by atoms with Crippen molar-refractivity contribution in [2.45, 2.75) is 6.04 Å². The Kier molecular flexibility index (Phi) is 2.93. The van der Waals surface area contributed by atoms with Crippen LogP contribution in [0.2, 0.25) is 0 Å². The van der Waals surface area contributed by atoms with Gasteiger partial charge in [0.25, 0.3) is 5.69 Å². The summed E-state index contributed by atoms with van der Waals surface area (Å²) < 4.78 is 27.3. The maximum atomic E-state index is 13.6. The molecule has 1 aromatic carbocycles. The summed E-state index contributed by atoms with van der Waals surface area (Å²) in [5, 5.41) is 13.4. The third-order valence-corrected chi connectivity index (χ3v) is 2.87. The molecular formula is C10H11F2N3O2. The number of benzene rings is 1. The van der Waals surface area contributed by atoms with Crippen LogP contribution in [0.25, 0.3) is 0 Å². The van der Waals surface area contributed by atoms with Crippen molar-refractivity contribution in [1.82, 2.24) is 5.32 Å². The zero-order chi connectivity index (χ0) is 12.6. The number of hydrogen-bond donors (Lipinski definition) is 1. The van der Waals surface area contributed by atoms with E-state index >= 15 is 0 Å². The van der Waals surface area contributed by atoms with Crippen LogP contribution in [-0.2, 0) is 0 Å². The summed E-state index contributed by atoms with van der Waals surface area (Å²) in [6.07, 6.45) is 0. The monoisotopic (exact) mass is 243 g/mol. The van der Waals surface area contributed by atoms with E-state index in [-0.39, 0.29) is 11.7 Å². The van der Waals surface area contributed by atoms with Crippen molar-refractivity contribution in [2.75, 3.05) is 25.0 Å². The molecule has 0 bridgehead atoms. The Morgan fingerprint density at radius 1 is 1.41 bits per heavy atom. The van der Waals surface area contributed by atoms with Crippen LogP contribution in [0, 0.1) is 21.7 Å². The highest BCUT2D eigenvalue weighted by atomic mass is 19.1. The number of likely N-dealkylation sites (N-methyl/N-ethyl adjacent to an activating group) is 1. The molecular weight excluding hydrogens is 232 g/mol. The van der Waals surface area contributed by atoms with Gasteiger partial charge in [-0.25, -0.2) is 8.78 Å².